The van der Waals surface area contributed by atoms with Crippen molar-refractivity contribution >= 4 is 23.3 Å². The van der Waals surface area contributed by atoms with Gasteiger partial charge in [0.25, 0.3) is 5.91 Å². The van der Waals surface area contributed by atoms with E-state index >= 15 is 0 Å². The quantitative estimate of drug-likeness (QED) is 0.541. The topological polar surface area (TPSA) is 81.7 Å². The lowest BCUT2D eigenvalue weighted by atomic mass is 10.1. The Morgan fingerprint density at radius 3 is 2.37 bits per heavy atom. The molecule has 142 valence electrons. The van der Waals surface area contributed by atoms with Crippen LogP contribution in [0.3, 0.4) is 0 Å². The standard InChI is InChI=1S/C21H23NO5/c1-3-15-6-5-7-17(12-15)22-20(24)13-27-21(25)14-26-18-10-8-16(9-11-18)19(23)4-2/h5-12H,3-4,13-14H2,1-2H3,(H,22,24). The van der Waals surface area contributed by atoms with Gasteiger partial charge in [-0.15, -0.1) is 0 Å². The smallest absolute Gasteiger partial charge is 0.344 e. The van der Waals surface area contributed by atoms with Crippen LogP contribution in [0.25, 0.3) is 0 Å². The number of Topliss-reactive ketones (excluding diaryl/α,β-unsaturated/α-hetero) is 1. The molecule has 0 atom stereocenters. The van der Waals surface area contributed by atoms with Gasteiger partial charge < -0.3 is 14.8 Å². The highest BCUT2D eigenvalue weighted by Crippen LogP contribution is 2.14. The molecule has 0 aromatic heterocycles. The number of esters is 1. The summed E-state index contributed by atoms with van der Waals surface area (Å²) in [5.41, 5.74) is 2.36. The van der Waals surface area contributed by atoms with E-state index in [9.17, 15) is 14.4 Å². The minimum absolute atomic E-state index is 0.0384. The van der Waals surface area contributed by atoms with Gasteiger partial charge in [0.15, 0.2) is 19.0 Å². The third kappa shape index (κ3) is 6.58. The molecule has 27 heavy (non-hydrogen) atoms. The Morgan fingerprint density at radius 1 is 0.963 bits per heavy atom. The summed E-state index contributed by atoms with van der Waals surface area (Å²) in [6.45, 7) is 3.11. The van der Waals surface area contributed by atoms with Gasteiger partial charge in [0.05, 0.1) is 0 Å². The van der Waals surface area contributed by atoms with Gasteiger partial charge in [0.1, 0.15) is 5.75 Å². The number of nitrogens with one attached hydrogen (secondary N) is 1. The van der Waals surface area contributed by atoms with Crippen LogP contribution in [0.5, 0.6) is 5.75 Å². The van der Waals surface area contributed by atoms with Crippen LogP contribution in [-0.4, -0.2) is 30.9 Å². The number of amides is 1. The molecule has 0 fully saturated rings. The lowest BCUT2D eigenvalue weighted by molar-refractivity contribution is -0.149. The minimum Gasteiger partial charge on any atom is -0.482 e. The zero-order chi connectivity index (χ0) is 19.6. The van der Waals surface area contributed by atoms with E-state index in [0.29, 0.717) is 23.4 Å². The number of rotatable bonds is 9. The third-order valence-corrected chi connectivity index (χ3v) is 3.84. The summed E-state index contributed by atoms with van der Waals surface area (Å²) in [5, 5.41) is 2.68. The van der Waals surface area contributed by atoms with E-state index in [2.05, 4.69) is 5.32 Å². The molecule has 6 nitrogen and oxygen atoms in total. The fraction of sp³-hybridized carbons (Fsp3) is 0.286. The average molecular weight is 369 g/mol. The Kier molecular flexibility index (Phi) is 7.55. The normalized spacial score (nSPS) is 10.1. The molecule has 0 saturated carbocycles. The lowest BCUT2D eigenvalue weighted by Crippen LogP contribution is -2.23. The number of ether oxygens (including phenoxy) is 2. The molecule has 0 aliphatic carbocycles. The van der Waals surface area contributed by atoms with E-state index in [0.717, 1.165) is 12.0 Å². The van der Waals surface area contributed by atoms with Gasteiger partial charge in [0, 0.05) is 17.7 Å². The first-order chi connectivity index (χ1) is 13.0. The predicted octanol–water partition coefficient (Wildman–Crippen LogP) is 3.40. The largest absolute Gasteiger partial charge is 0.482 e. The van der Waals surface area contributed by atoms with Gasteiger partial charge >= 0.3 is 5.97 Å². The van der Waals surface area contributed by atoms with Gasteiger partial charge in [-0.1, -0.05) is 26.0 Å². The predicted molar refractivity (Wildman–Crippen MR) is 102 cm³/mol. The second-order valence-electron chi connectivity index (χ2n) is 5.85. The van der Waals surface area contributed by atoms with E-state index < -0.39 is 11.9 Å². The van der Waals surface area contributed by atoms with Gasteiger partial charge in [-0.2, -0.15) is 0 Å². The van der Waals surface area contributed by atoms with Gasteiger partial charge in [-0.3, -0.25) is 9.59 Å². The van der Waals surface area contributed by atoms with Gasteiger partial charge in [-0.25, -0.2) is 4.79 Å². The van der Waals surface area contributed by atoms with Crippen LogP contribution in [0.4, 0.5) is 5.69 Å². The van der Waals surface area contributed by atoms with Crippen LogP contribution in [0.1, 0.15) is 36.2 Å². The zero-order valence-corrected chi connectivity index (χ0v) is 15.5. The van der Waals surface area contributed by atoms with Crippen molar-refractivity contribution in [1.82, 2.24) is 0 Å². The molecule has 2 aromatic rings. The molecule has 0 unspecified atom stereocenters. The number of carbonyl (C=O) groups is 3. The van der Waals surface area contributed by atoms with Crippen LogP contribution >= 0.6 is 0 Å². The number of hydrogen-bond acceptors (Lipinski definition) is 5. The molecule has 0 spiro atoms. The maximum absolute atomic E-state index is 11.9. The lowest BCUT2D eigenvalue weighted by Gasteiger charge is -2.09. The molecule has 0 radical (unpaired) electrons. The molecule has 0 bridgehead atoms. The van der Waals surface area contributed by atoms with Crippen molar-refractivity contribution in [1.29, 1.82) is 0 Å². The Labute approximate surface area is 158 Å². The first-order valence-electron chi connectivity index (χ1n) is 8.82. The molecule has 6 heteroatoms. The van der Waals surface area contributed by atoms with E-state index in [-0.39, 0.29) is 19.0 Å². The molecule has 2 aromatic carbocycles. The first kappa shape index (κ1) is 20.2. The van der Waals surface area contributed by atoms with Crippen molar-refractivity contribution in [3.8, 4) is 5.75 Å². The van der Waals surface area contributed by atoms with Crippen LogP contribution in [0, 0.1) is 0 Å². The highest BCUT2D eigenvalue weighted by molar-refractivity contribution is 5.96. The number of ketones is 1. The van der Waals surface area contributed by atoms with Crippen LogP contribution in [-0.2, 0) is 20.7 Å². The molecule has 0 heterocycles. The molecule has 0 aliphatic rings. The summed E-state index contributed by atoms with van der Waals surface area (Å²) in [4.78, 5) is 35.1. The molecule has 2 rings (SSSR count). The summed E-state index contributed by atoms with van der Waals surface area (Å²) in [5.74, 6) is -0.586. The highest BCUT2D eigenvalue weighted by Gasteiger charge is 2.10. The number of anilines is 1. The van der Waals surface area contributed by atoms with Crippen LogP contribution in [0.15, 0.2) is 48.5 Å². The van der Waals surface area contributed by atoms with Crippen molar-refractivity contribution in [2.24, 2.45) is 0 Å². The molecule has 1 N–H and O–H groups in total. The molecule has 0 aliphatic heterocycles. The van der Waals surface area contributed by atoms with Gasteiger partial charge in [0.2, 0.25) is 0 Å². The Balaban J connectivity index is 1.73. The molecular formula is C21H23NO5. The third-order valence-electron chi connectivity index (χ3n) is 3.84. The first-order valence-corrected chi connectivity index (χ1v) is 8.82. The van der Waals surface area contributed by atoms with E-state index in [1.165, 1.54) is 0 Å². The fourth-order valence-electron chi connectivity index (χ4n) is 2.34. The fourth-order valence-corrected chi connectivity index (χ4v) is 2.34. The Morgan fingerprint density at radius 2 is 1.70 bits per heavy atom. The molecule has 1 amide bonds. The van der Waals surface area contributed by atoms with Crippen molar-refractivity contribution in [3.63, 3.8) is 0 Å². The number of benzene rings is 2. The Hall–Kier alpha value is -3.15. The summed E-state index contributed by atoms with van der Waals surface area (Å²) in [6, 6.07) is 14.0. The SMILES string of the molecule is CCC(=O)c1ccc(OCC(=O)OCC(=O)Nc2cccc(CC)c2)cc1. The number of carbonyl (C=O) groups excluding carboxylic acids is 3. The second-order valence-corrected chi connectivity index (χ2v) is 5.85. The summed E-state index contributed by atoms with van der Waals surface area (Å²) < 4.78 is 10.2. The molecular weight excluding hydrogens is 346 g/mol. The van der Waals surface area contributed by atoms with E-state index in [1.807, 2.05) is 25.1 Å². The second kappa shape index (κ2) is 10.1. The Bertz CT molecular complexity index is 798. The van der Waals surface area contributed by atoms with Crippen molar-refractivity contribution in [2.75, 3.05) is 18.5 Å². The van der Waals surface area contributed by atoms with Crippen molar-refractivity contribution < 1.29 is 23.9 Å². The number of aryl methyl sites for hydroxylation is 1. The summed E-state index contributed by atoms with van der Waals surface area (Å²) in [7, 11) is 0. The summed E-state index contributed by atoms with van der Waals surface area (Å²) >= 11 is 0. The van der Waals surface area contributed by atoms with E-state index in [4.69, 9.17) is 9.47 Å². The number of hydrogen-bond donors (Lipinski definition) is 1. The monoisotopic (exact) mass is 369 g/mol. The molecule has 0 saturated heterocycles. The highest BCUT2D eigenvalue weighted by atomic mass is 16.6. The summed E-state index contributed by atoms with van der Waals surface area (Å²) in [6.07, 6.45) is 1.29. The van der Waals surface area contributed by atoms with Crippen molar-refractivity contribution in [2.45, 2.75) is 26.7 Å². The van der Waals surface area contributed by atoms with Gasteiger partial charge in [-0.05, 0) is 48.4 Å². The minimum atomic E-state index is -0.652. The average Bonchev–Trinajstić information content (AvgIpc) is 2.70. The van der Waals surface area contributed by atoms with Crippen molar-refractivity contribution in [3.05, 3.63) is 59.7 Å². The van der Waals surface area contributed by atoms with Crippen LogP contribution < -0.4 is 10.1 Å². The maximum atomic E-state index is 11.9. The van der Waals surface area contributed by atoms with Crippen LogP contribution in [0.2, 0.25) is 0 Å². The van der Waals surface area contributed by atoms with E-state index in [1.54, 1.807) is 37.3 Å². The maximum Gasteiger partial charge on any atom is 0.344 e. The zero-order valence-electron chi connectivity index (χ0n) is 15.5.